The number of likely N-dealkylation sites (N-methyl/N-ethyl adjacent to an activating group) is 1. The first-order valence-electron chi connectivity index (χ1n) is 2.04. The third kappa shape index (κ3) is 1.79. The molecule has 0 aromatic rings. The summed E-state index contributed by atoms with van der Waals surface area (Å²) < 4.78 is 46.3. The van der Waals surface area contributed by atoms with Gasteiger partial charge in [-0.1, -0.05) is 0 Å². The van der Waals surface area contributed by atoms with E-state index >= 15 is 0 Å². The second-order valence-electron chi connectivity index (χ2n) is 1.45. The van der Waals surface area contributed by atoms with E-state index < -0.39 is 12.1 Å². The van der Waals surface area contributed by atoms with E-state index in [0.717, 1.165) is 5.32 Å². The number of hydrogen-bond acceptors (Lipinski definition) is 2. The Hall–Kier alpha value is -0.360. The Kier molecular flexibility index (Phi) is 2.02. The number of nitrogens with one attached hydrogen (secondary N) is 1. The summed E-state index contributed by atoms with van der Waals surface area (Å²) in [6, 6.07) is -8.82. The molecule has 2 nitrogen and oxygen atoms in total. The monoisotopic (exact) mass is 146 g/mol. The van der Waals surface area contributed by atoms with Crippen molar-refractivity contribution in [3.8, 4) is 0 Å². The molecule has 0 atom stereocenters. The zero-order valence-electron chi connectivity index (χ0n) is 4.59. The van der Waals surface area contributed by atoms with Gasteiger partial charge in [-0.3, -0.25) is 11.1 Å². The van der Waals surface area contributed by atoms with Crippen molar-refractivity contribution in [1.29, 1.82) is 0 Å². The maximum atomic E-state index is 11.7. The largest absolute Gasteiger partial charge is 0.379 e. The van der Waals surface area contributed by atoms with Crippen molar-refractivity contribution in [3.63, 3.8) is 0 Å². The molecule has 0 saturated carbocycles. The average Bonchev–Trinajstić information content (AvgIpc) is 1.64. The molecule has 0 heterocycles. The molecule has 0 aromatic carbocycles. The molecule has 0 bridgehead atoms. The lowest BCUT2D eigenvalue weighted by Crippen LogP contribution is -2.55. The van der Waals surface area contributed by atoms with Gasteiger partial charge in [0.2, 0.25) is 0 Å². The van der Waals surface area contributed by atoms with Gasteiger partial charge < -0.3 is 0 Å². The minimum Gasteiger partial charge on any atom is -0.265 e. The molecule has 0 amide bonds. The molecule has 0 aromatic heterocycles. The molecule has 0 radical (unpaired) electrons. The van der Waals surface area contributed by atoms with Crippen LogP contribution < -0.4 is 11.1 Å². The molecule has 0 spiro atoms. The van der Waals surface area contributed by atoms with Gasteiger partial charge in [0.15, 0.2) is 0 Å². The van der Waals surface area contributed by atoms with Gasteiger partial charge in [-0.15, -0.1) is 0 Å². The zero-order valence-corrected chi connectivity index (χ0v) is 4.59. The van der Waals surface area contributed by atoms with Crippen molar-refractivity contribution in [3.05, 3.63) is 0 Å². The van der Waals surface area contributed by atoms with E-state index in [9.17, 15) is 17.6 Å². The number of hydrogen-bond donors (Lipinski definition) is 2. The van der Waals surface area contributed by atoms with E-state index in [0.29, 0.717) is 7.05 Å². The third-order valence-corrected chi connectivity index (χ3v) is 0.733. The van der Waals surface area contributed by atoms with E-state index in [1.54, 1.807) is 0 Å². The first-order valence-corrected chi connectivity index (χ1v) is 2.04. The van der Waals surface area contributed by atoms with Crippen LogP contribution in [0.15, 0.2) is 0 Å². The average molecular weight is 146 g/mol. The molecule has 0 fully saturated rings. The Balaban J connectivity index is 4.14. The minimum absolute atomic E-state index is 0.695. The highest BCUT2D eigenvalue weighted by molar-refractivity contribution is 4.73. The van der Waals surface area contributed by atoms with Crippen LogP contribution in [0.3, 0.4) is 0 Å². The molecule has 6 heteroatoms. The van der Waals surface area contributed by atoms with Crippen molar-refractivity contribution in [2.24, 2.45) is 5.73 Å². The van der Waals surface area contributed by atoms with E-state index in [-0.39, 0.29) is 0 Å². The van der Waals surface area contributed by atoms with Crippen molar-refractivity contribution < 1.29 is 17.6 Å². The molecular weight excluding hydrogens is 140 g/mol. The Bertz CT molecular complexity index is 96.5. The lowest BCUT2D eigenvalue weighted by Gasteiger charge is -2.20. The fourth-order valence-electron chi connectivity index (χ4n) is 0.167. The second kappa shape index (κ2) is 2.11. The summed E-state index contributed by atoms with van der Waals surface area (Å²) >= 11 is 0. The van der Waals surface area contributed by atoms with E-state index in [1.165, 1.54) is 0 Å². The number of alkyl halides is 4. The van der Waals surface area contributed by atoms with Gasteiger partial charge in [0.25, 0.3) is 0 Å². The van der Waals surface area contributed by atoms with Crippen LogP contribution in [0.4, 0.5) is 17.6 Å². The quantitative estimate of drug-likeness (QED) is 0.435. The number of rotatable bonds is 2. The first-order chi connectivity index (χ1) is 3.81. The normalized spacial score (nSPS) is 14.0. The minimum atomic E-state index is -4.50. The predicted molar refractivity (Wildman–Crippen MR) is 23.1 cm³/mol. The molecule has 9 heavy (non-hydrogen) atoms. The summed E-state index contributed by atoms with van der Waals surface area (Å²) in [5.74, 6) is 0. The van der Waals surface area contributed by atoms with Crippen molar-refractivity contribution in [1.82, 2.24) is 5.32 Å². The lowest BCUT2D eigenvalue weighted by molar-refractivity contribution is -0.219. The second-order valence-corrected chi connectivity index (χ2v) is 1.45. The van der Waals surface area contributed by atoms with Gasteiger partial charge in [-0.05, 0) is 7.05 Å². The van der Waals surface area contributed by atoms with Crippen LogP contribution in [-0.4, -0.2) is 19.1 Å². The zero-order chi connectivity index (χ0) is 7.71. The van der Waals surface area contributed by atoms with Crippen molar-refractivity contribution in [2.45, 2.75) is 12.1 Å². The summed E-state index contributed by atoms with van der Waals surface area (Å²) in [6.45, 7) is 0. The SMILES string of the molecule is CNC(F)(F)C(N)(F)F. The maximum absolute atomic E-state index is 11.7. The van der Waals surface area contributed by atoms with Gasteiger partial charge >= 0.3 is 12.1 Å². The fraction of sp³-hybridized carbons (Fsp3) is 1.00. The molecule has 0 aliphatic carbocycles. The van der Waals surface area contributed by atoms with Crippen LogP contribution in [0.5, 0.6) is 0 Å². The summed E-state index contributed by atoms with van der Waals surface area (Å²) in [7, 11) is 0.695. The molecule has 56 valence electrons. The lowest BCUT2D eigenvalue weighted by atomic mass is 10.5. The third-order valence-electron chi connectivity index (χ3n) is 0.733. The maximum Gasteiger partial charge on any atom is 0.379 e. The molecule has 0 saturated heterocycles. The summed E-state index contributed by atoms with van der Waals surface area (Å²) in [4.78, 5) is 0. The smallest absolute Gasteiger partial charge is 0.265 e. The molecule has 0 aliphatic heterocycles. The Morgan fingerprint density at radius 1 is 1.22 bits per heavy atom. The van der Waals surface area contributed by atoms with Crippen LogP contribution in [0.2, 0.25) is 0 Å². The van der Waals surface area contributed by atoms with Crippen LogP contribution in [0, 0.1) is 0 Å². The van der Waals surface area contributed by atoms with Gasteiger partial charge in [0.1, 0.15) is 0 Å². The summed E-state index contributed by atoms with van der Waals surface area (Å²) in [5, 5.41) is 1.07. The van der Waals surface area contributed by atoms with Crippen LogP contribution >= 0.6 is 0 Å². The topological polar surface area (TPSA) is 38.0 Å². The van der Waals surface area contributed by atoms with E-state index in [4.69, 9.17) is 0 Å². The first kappa shape index (κ1) is 8.64. The van der Waals surface area contributed by atoms with Crippen molar-refractivity contribution >= 4 is 0 Å². The van der Waals surface area contributed by atoms with Crippen LogP contribution in [0.1, 0.15) is 0 Å². The molecule has 3 N–H and O–H groups in total. The molecule has 0 aliphatic rings. The Morgan fingerprint density at radius 3 is 1.56 bits per heavy atom. The highest BCUT2D eigenvalue weighted by atomic mass is 19.3. The highest BCUT2D eigenvalue weighted by Gasteiger charge is 2.52. The van der Waals surface area contributed by atoms with Crippen molar-refractivity contribution in [2.75, 3.05) is 7.05 Å². The summed E-state index contributed by atoms with van der Waals surface area (Å²) in [5.41, 5.74) is 3.78. The van der Waals surface area contributed by atoms with Crippen LogP contribution in [-0.2, 0) is 0 Å². The standard InChI is InChI=1S/C3H6F4N2/c1-9-3(6,7)2(4,5)8/h9H,8H2,1H3. The highest BCUT2D eigenvalue weighted by Crippen LogP contribution is 2.25. The predicted octanol–water partition coefficient (Wildman–Crippen LogP) is 0.350. The van der Waals surface area contributed by atoms with Gasteiger partial charge in [-0.25, -0.2) is 0 Å². The van der Waals surface area contributed by atoms with E-state index in [2.05, 4.69) is 5.73 Å². The van der Waals surface area contributed by atoms with Gasteiger partial charge in [-0.2, -0.15) is 17.6 Å². The van der Waals surface area contributed by atoms with Crippen LogP contribution in [0.25, 0.3) is 0 Å². The molecular formula is C3H6F4N2. The molecule has 0 rings (SSSR count). The Morgan fingerprint density at radius 2 is 1.56 bits per heavy atom. The molecule has 0 unspecified atom stereocenters. The Labute approximate surface area is 49.0 Å². The van der Waals surface area contributed by atoms with Gasteiger partial charge in [0.05, 0.1) is 0 Å². The summed E-state index contributed by atoms with van der Waals surface area (Å²) in [6.07, 6.45) is 0. The van der Waals surface area contributed by atoms with Gasteiger partial charge in [0, 0.05) is 0 Å². The fourth-order valence-corrected chi connectivity index (χ4v) is 0.167. The van der Waals surface area contributed by atoms with E-state index in [1.807, 2.05) is 0 Å². The number of halogens is 4. The number of nitrogens with two attached hydrogens (primary N) is 1.